The van der Waals surface area contributed by atoms with Gasteiger partial charge in [-0.2, -0.15) is 0 Å². The maximum absolute atomic E-state index is 13.0. The Morgan fingerprint density at radius 2 is 2.08 bits per heavy atom. The minimum Gasteiger partial charge on any atom is -0.458 e. The SMILES string of the molecule is C=C1CC(C(=O)C(=CCO)CO)C2C(=C)C(=O)OC2C2C(C)=CCC12. The van der Waals surface area contributed by atoms with Crippen LogP contribution in [0.4, 0.5) is 0 Å². The number of carbonyl (C=O) groups is 2. The summed E-state index contributed by atoms with van der Waals surface area (Å²) < 4.78 is 5.64. The Hall–Kier alpha value is -1.98. The molecule has 1 aliphatic heterocycles. The number of fused-ring (bicyclic) bond motifs is 3. The van der Waals surface area contributed by atoms with Crippen LogP contribution in [0.5, 0.6) is 0 Å². The highest BCUT2D eigenvalue weighted by molar-refractivity contribution is 6.00. The van der Waals surface area contributed by atoms with Crippen LogP contribution in [0.1, 0.15) is 19.8 Å². The van der Waals surface area contributed by atoms with E-state index in [0.717, 1.165) is 17.6 Å². The van der Waals surface area contributed by atoms with E-state index >= 15 is 0 Å². The predicted molar refractivity (Wildman–Crippen MR) is 92.4 cm³/mol. The van der Waals surface area contributed by atoms with E-state index in [4.69, 9.17) is 9.84 Å². The maximum Gasteiger partial charge on any atom is 0.334 e. The number of allylic oxidation sites excluding steroid dienone is 2. The molecule has 1 saturated heterocycles. The van der Waals surface area contributed by atoms with Gasteiger partial charge in [-0.05, 0) is 25.7 Å². The fraction of sp³-hybridized carbons (Fsp3) is 0.500. The molecule has 1 heterocycles. The molecule has 5 nitrogen and oxygen atoms in total. The minimum absolute atomic E-state index is 0.0258. The number of aliphatic hydroxyl groups is 2. The molecule has 3 aliphatic rings. The molecule has 1 saturated carbocycles. The summed E-state index contributed by atoms with van der Waals surface area (Å²) in [6, 6.07) is 0. The molecule has 5 heteroatoms. The largest absolute Gasteiger partial charge is 0.458 e. The molecule has 134 valence electrons. The fourth-order valence-electron chi connectivity index (χ4n) is 4.60. The Bertz CT molecular complexity index is 699. The van der Waals surface area contributed by atoms with Crippen LogP contribution in [0, 0.1) is 23.7 Å². The van der Waals surface area contributed by atoms with Crippen LogP contribution < -0.4 is 0 Å². The zero-order valence-corrected chi connectivity index (χ0v) is 14.4. The number of hydrogen-bond donors (Lipinski definition) is 2. The monoisotopic (exact) mass is 344 g/mol. The van der Waals surface area contributed by atoms with Crippen molar-refractivity contribution in [2.75, 3.05) is 13.2 Å². The highest BCUT2D eigenvalue weighted by Gasteiger charge is 2.54. The number of rotatable bonds is 4. The molecule has 0 amide bonds. The van der Waals surface area contributed by atoms with Crippen molar-refractivity contribution in [2.24, 2.45) is 23.7 Å². The van der Waals surface area contributed by atoms with Crippen LogP contribution >= 0.6 is 0 Å². The summed E-state index contributed by atoms with van der Waals surface area (Å²) in [5, 5.41) is 18.6. The van der Waals surface area contributed by atoms with Gasteiger partial charge >= 0.3 is 5.97 Å². The second kappa shape index (κ2) is 6.73. The molecule has 0 aromatic heterocycles. The summed E-state index contributed by atoms with van der Waals surface area (Å²) in [6.07, 6.45) is 4.31. The van der Waals surface area contributed by atoms with Crippen molar-refractivity contribution in [3.63, 3.8) is 0 Å². The molecule has 2 aliphatic carbocycles. The van der Waals surface area contributed by atoms with Gasteiger partial charge in [-0.25, -0.2) is 4.79 Å². The standard InChI is InChI=1S/C20H24O5/c1-10-4-5-14-11(2)8-15(18(23)13(9-22)6-7-21)17-12(3)20(24)25-19(17)16(10)14/h4,6,14-17,19,21-22H,2-3,5,7-9H2,1H3. The molecule has 0 spiro atoms. The Kier molecular flexibility index (Phi) is 4.80. The van der Waals surface area contributed by atoms with E-state index in [1.807, 2.05) is 6.92 Å². The third-order valence-electron chi connectivity index (χ3n) is 5.87. The molecule has 0 aromatic carbocycles. The first kappa shape index (κ1) is 17.8. The van der Waals surface area contributed by atoms with E-state index in [2.05, 4.69) is 19.2 Å². The number of aliphatic hydroxyl groups excluding tert-OH is 2. The highest BCUT2D eigenvalue weighted by Crippen LogP contribution is 2.52. The number of hydrogen-bond acceptors (Lipinski definition) is 5. The molecule has 3 rings (SSSR count). The molecule has 0 radical (unpaired) electrons. The number of Topliss-reactive ketones (excluding diaryl/α,β-unsaturated/α-hetero) is 1. The first-order chi connectivity index (χ1) is 11.9. The van der Waals surface area contributed by atoms with E-state index in [1.54, 1.807) is 0 Å². The lowest BCUT2D eigenvalue weighted by Crippen LogP contribution is -2.35. The van der Waals surface area contributed by atoms with Crippen molar-refractivity contribution >= 4 is 11.8 Å². The summed E-state index contributed by atoms with van der Waals surface area (Å²) in [5.74, 6) is -1.52. The van der Waals surface area contributed by atoms with Crippen molar-refractivity contribution in [1.29, 1.82) is 0 Å². The van der Waals surface area contributed by atoms with Gasteiger partial charge in [0.2, 0.25) is 0 Å². The molecule has 5 unspecified atom stereocenters. The van der Waals surface area contributed by atoms with Gasteiger partial charge in [-0.1, -0.05) is 36.5 Å². The molecular formula is C20H24O5. The second-order valence-electron chi connectivity index (χ2n) is 7.14. The van der Waals surface area contributed by atoms with Crippen LogP contribution in [-0.2, 0) is 14.3 Å². The van der Waals surface area contributed by atoms with Gasteiger partial charge in [0.25, 0.3) is 0 Å². The first-order valence-corrected chi connectivity index (χ1v) is 8.59. The highest BCUT2D eigenvalue weighted by atomic mass is 16.6. The van der Waals surface area contributed by atoms with Crippen molar-refractivity contribution in [3.8, 4) is 0 Å². The van der Waals surface area contributed by atoms with E-state index in [9.17, 15) is 14.7 Å². The molecular weight excluding hydrogens is 320 g/mol. The Labute approximate surface area is 147 Å². The summed E-state index contributed by atoms with van der Waals surface area (Å²) in [7, 11) is 0. The van der Waals surface area contributed by atoms with E-state index in [1.165, 1.54) is 6.08 Å². The van der Waals surface area contributed by atoms with Crippen LogP contribution in [0.2, 0.25) is 0 Å². The molecule has 2 N–H and O–H groups in total. The smallest absolute Gasteiger partial charge is 0.334 e. The molecule has 2 fully saturated rings. The fourth-order valence-corrected chi connectivity index (χ4v) is 4.60. The number of ketones is 1. The van der Waals surface area contributed by atoms with E-state index in [-0.39, 0.29) is 29.8 Å². The summed E-state index contributed by atoms with van der Waals surface area (Å²) >= 11 is 0. The third kappa shape index (κ3) is 2.81. The van der Waals surface area contributed by atoms with Gasteiger partial charge in [-0.15, -0.1) is 0 Å². The molecule has 5 atom stereocenters. The van der Waals surface area contributed by atoms with Gasteiger partial charge in [0.15, 0.2) is 5.78 Å². The molecule has 0 aromatic rings. The lowest BCUT2D eigenvalue weighted by molar-refractivity contribution is -0.141. The minimum atomic E-state index is -0.556. The summed E-state index contributed by atoms with van der Waals surface area (Å²) in [5.41, 5.74) is 2.60. The average Bonchev–Trinajstić information content (AvgIpc) is 3.06. The zero-order valence-electron chi connectivity index (χ0n) is 14.4. The Morgan fingerprint density at radius 1 is 1.36 bits per heavy atom. The second-order valence-corrected chi connectivity index (χ2v) is 7.14. The molecule has 25 heavy (non-hydrogen) atoms. The lowest BCUT2D eigenvalue weighted by Gasteiger charge is -2.28. The van der Waals surface area contributed by atoms with Crippen molar-refractivity contribution in [2.45, 2.75) is 25.9 Å². The van der Waals surface area contributed by atoms with Crippen molar-refractivity contribution in [3.05, 3.63) is 47.6 Å². The predicted octanol–water partition coefficient (Wildman–Crippen LogP) is 1.72. The van der Waals surface area contributed by atoms with Crippen molar-refractivity contribution < 1.29 is 24.5 Å². The van der Waals surface area contributed by atoms with Crippen LogP contribution in [0.15, 0.2) is 47.6 Å². The summed E-state index contributed by atoms with van der Waals surface area (Å²) in [6.45, 7) is 9.33. The van der Waals surface area contributed by atoms with Gasteiger partial charge < -0.3 is 14.9 Å². The maximum atomic E-state index is 13.0. The van der Waals surface area contributed by atoms with Crippen LogP contribution in [0.3, 0.4) is 0 Å². The molecule has 0 bridgehead atoms. The Morgan fingerprint density at radius 3 is 2.72 bits per heavy atom. The number of carbonyl (C=O) groups excluding carboxylic acids is 2. The van der Waals surface area contributed by atoms with Gasteiger partial charge in [-0.3, -0.25) is 4.79 Å². The van der Waals surface area contributed by atoms with Crippen LogP contribution in [-0.4, -0.2) is 41.3 Å². The van der Waals surface area contributed by atoms with Crippen molar-refractivity contribution in [1.82, 2.24) is 0 Å². The third-order valence-corrected chi connectivity index (χ3v) is 5.87. The quantitative estimate of drug-likeness (QED) is 0.461. The normalized spacial score (nSPS) is 35.0. The first-order valence-electron chi connectivity index (χ1n) is 8.59. The average molecular weight is 344 g/mol. The topological polar surface area (TPSA) is 83.8 Å². The van der Waals surface area contributed by atoms with E-state index < -0.39 is 30.5 Å². The van der Waals surface area contributed by atoms with Gasteiger partial charge in [0.05, 0.1) is 13.2 Å². The summed E-state index contributed by atoms with van der Waals surface area (Å²) in [4.78, 5) is 25.2. The zero-order chi connectivity index (χ0) is 18.3. The van der Waals surface area contributed by atoms with Crippen LogP contribution in [0.25, 0.3) is 0 Å². The number of esters is 1. The van der Waals surface area contributed by atoms with E-state index in [0.29, 0.717) is 12.0 Å². The van der Waals surface area contributed by atoms with Gasteiger partial charge in [0.1, 0.15) is 6.10 Å². The Balaban J connectivity index is 2.04. The number of ether oxygens (including phenoxy) is 1. The lowest BCUT2D eigenvalue weighted by atomic mass is 9.75. The van der Waals surface area contributed by atoms with Gasteiger partial charge in [0, 0.05) is 28.9 Å².